The average Bonchev–Trinajstić information content (AvgIpc) is 2.71. The molecule has 0 atom stereocenters. The van der Waals surface area contributed by atoms with E-state index in [4.69, 9.17) is 9.47 Å². The second-order valence-corrected chi connectivity index (χ2v) is 6.12. The highest BCUT2D eigenvalue weighted by Gasteiger charge is 2.13. The number of para-hydroxylation sites is 2. The van der Waals surface area contributed by atoms with Gasteiger partial charge in [-0.2, -0.15) is 0 Å². The van der Waals surface area contributed by atoms with Gasteiger partial charge in [0.15, 0.2) is 6.61 Å². The van der Waals surface area contributed by atoms with Gasteiger partial charge < -0.3 is 20.1 Å². The van der Waals surface area contributed by atoms with Crippen molar-refractivity contribution in [3.63, 3.8) is 0 Å². The minimum absolute atomic E-state index is 0.0466. The van der Waals surface area contributed by atoms with E-state index < -0.39 is 36.0 Å². The number of carbonyl (C=O) groups excluding carboxylic acids is 3. The van der Waals surface area contributed by atoms with Crippen LogP contribution in [-0.4, -0.2) is 37.5 Å². The molecule has 30 heavy (non-hydrogen) atoms. The quantitative estimate of drug-likeness (QED) is 0.455. The second kappa shape index (κ2) is 11.5. The molecule has 2 amide bonds. The van der Waals surface area contributed by atoms with Crippen molar-refractivity contribution in [3.05, 3.63) is 59.7 Å². The Kier molecular flexibility index (Phi) is 8.74. The standard InChI is InChI=1S/C21H22F2N2O5/c1-2-29-18-7-4-3-6-17(18)25-19(26)13-30-20(27)8-5-11-24-21(28)15-10-9-14(22)12-16(15)23/h3-4,6-7,9-10,12H,2,5,8,11,13H2,1H3,(H,24,28)(H,25,26). The number of amides is 2. The van der Waals surface area contributed by atoms with E-state index in [2.05, 4.69) is 10.6 Å². The van der Waals surface area contributed by atoms with Crippen LogP contribution in [0.4, 0.5) is 14.5 Å². The number of nitrogens with one attached hydrogen (secondary N) is 2. The van der Waals surface area contributed by atoms with Crippen molar-refractivity contribution in [1.29, 1.82) is 0 Å². The van der Waals surface area contributed by atoms with Crippen LogP contribution in [0.2, 0.25) is 0 Å². The lowest BCUT2D eigenvalue weighted by molar-refractivity contribution is -0.147. The van der Waals surface area contributed by atoms with E-state index in [0.29, 0.717) is 24.1 Å². The Morgan fingerprint density at radius 3 is 2.57 bits per heavy atom. The van der Waals surface area contributed by atoms with Gasteiger partial charge in [-0.15, -0.1) is 0 Å². The Morgan fingerprint density at radius 2 is 1.83 bits per heavy atom. The summed E-state index contributed by atoms with van der Waals surface area (Å²) in [4.78, 5) is 35.5. The lowest BCUT2D eigenvalue weighted by Gasteiger charge is -2.11. The third kappa shape index (κ3) is 7.16. The smallest absolute Gasteiger partial charge is 0.306 e. The summed E-state index contributed by atoms with van der Waals surface area (Å²) in [7, 11) is 0. The van der Waals surface area contributed by atoms with Crippen LogP contribution < -0.4 is 15.4 Å². The van der Waals surface area contributed by atoms with Gasteiger partial charge in [0.25, 0.3) is 11.8 Å². The summed E-state index contributed by atoms with van der Waals surface area (Å²) in [6, 6.07) is 9.50. The first-order valence-corrected chi connectivity index (χ1v) is 9.31. The Morgan fingerprint density at radius 1 is 1.07 bits per heavy atom. The number of hydrogen-bond acceptors (Lipinski definition) is 5. The fourth-order valence-electron chi connectivity index (χ4n) is 2.46. The van der Waals surface area contributed by atoms with Crippen LogP contribution in [0.3, 0.4) is 0 Å². The summed E-state index contributed by atoms with van der Waals surface area (Å²) in [5.74, 6) is -3.09. The predicted molar refractivity (Wildman–Crippen MR) is 105 cm³/mol. The molecular weight excluding hydrogens is 398 g/mol. The zero-order valence-electron chi connectivity index (χ0n) is 16.4. The van der Waals surface area contributed by atoms with E-state index in [9.17, 15) is 23.2 Å². The molecule has 0 saturated heterocycles. The van der Waals surface area contributed by atoms with Crippen molar-refractivity contribution in [3.8, 4) is 5.75 Å². The Bertz CT molecular complexity index is 905. The Balaban J connectivity index is 1.67. The van der Waals surface area contributed by atoms with Gasteiger partial charge >= 0.3 is 5.97 Å². The molecule has 0 heterocycles. The summed E-state index contributed by atoms with van der Waals surface area (Å²) in [6.45, 7) is 1.87. The van der Waals surface area contributed by atoms with E-state index in [1.807, 2.05) is 6.92 Å². The fraction of sp³-hybridized carbons (Fsp3) is 0.286. The molecule has 2 N–H and O–H groups in total. The van der Waals surface area contributed by atoms with Crippen molar-refractivity contribution < 1.29 is 32.6 Å². The van der Waals surface area contributed by atoms with Crippen LogP contribution in [0.15, 0.2) is 42.5 Å². The molecule has 0 aliphatic carbocycles. The van der Waals surface area contributed by atoms with Crippen molar-refractivity contribution in [2.75, 3.05) is 25.1 Å². The van der Waals surface area contributed by atoms with E-state index >= 15 is 0 Å². The lowest BCUT2D eigenvalue weighted by atomic mass is 10.2. The maximum atomic E-state index is 13.5. The molecule has 0 bridgehead atoms. The number of esters is 1. The predicted octanol–water partition coefficient (Wildman–Crippen LogP) is 3.06. The highest BCUT2D eigenvalue weighted by molar-refractivity contribution is 5.95. The van der Waals surface area contributed by atoms with E-state index in [1.54, 1.807) is 24.3 Å². The van der Waals surface area contributed by atoms with E-state index in [1.165, 1.54) is 0 Å². The van der Waals surface area contributed by atoms with Crippen LogP contribution >= 0.6 is 0 Å². The van der Waals surface area contributed by atoms with Gasteiger partial charge in [-0.25, -0.2) is 8.78 Å². The number of halogens is 2. The topological polar surface area (TPSA) is 93.7 Å². The summed E-state index contributed by atoms with van der Waals surface area (Å²) >= 11 is 0. The SMILES string of the molecule is CCOc1ccccc1NC(=O)COC(=O)CCCNC(=O)c1ccc(F)cc1F. The Labute approximate surface area is 172 Å². The summed E-state index contributed by atoms with van der Waals surface area (Å²) in [5.41, 5.74) is 0.180. The van der Waals surface area contributed by atoms with Gasteiger partial charge in [0.05, 0.1) is 17.9 Å². The molecule has 2 rings (SSSR count). The van der Waals surface area contributed by atoms with Crippen LogP contribution in [-0.2, 0) is 14.3 Å². The molecule has 0 fully saturated rings. The molecule has 2 aromatic carbocycles. The van der Waals surface area contributed by atoms with Crippen LogP contribution in [0, 0.1) is 11.6 Å². The van der Waals surface area contributed by atoms with Gasteiger partial charge in [0.2, 0.25) is 0 Å². The van der Waals surface area contributed by atoms with Gasteiger partial charge in [-0.1, -0.05) is 12.1 Å². The van der Waals surface area contributed by atoms with Crippen LogP contribution in [0.25, 0.3) is 0 Å². The summed E-state index contributed by atoms with van der Waals surface area (Å²) < 4.78 is 36.7. The zero-order valence-corrected chi connectivity index (χ0v) is 16.4. The fourth-order valence-corrected chi connectivity index (χ4v) is 2.46. The molecule has 0 spiro atoms. The first-order chi connectivity index (χ1) is 14.4. The maximum Gasteiger partial charge on any atom is 0.306 e. The minimum atomic E-state index is -0.969. The maximum absolute atomic E-state index is 13.5. The van der Waals surface area contributed by atoms with Crippen molar-refractivity contribution >= 4 is 23.5 Å². The van der Waals surface area contributed by atoms with Crippen molar-refractivity contribution in [1.82, 2.24) is 5.32 Å². The number of rotatable bonds is 10. The number of anilines is 1. The lowest BCUT2D eigenvalue weighted by Crippen LogP contribution is -2.26. The molecule has 160 valence electrons. The van der Waals surface area contributed by atoms with Crippen LogP contribution in [0.5, 0.6) is 5.75 Å². The average molecular weight is 420 g/mol. The van der Waals surface area contributed by atoms with Gasteiger partial charge in [0.1, 0.15) is 17.4 Å². The van der Waals surface area contributed by atoms with E-state index in [0.717, 1.165) is 12.1 Å². The Hall–Kier alpha value is -3.49. The number of hydrogen-bond donors (Lipinski definition) is 2. The third-order valence-electron chi connectivity index (χ3n) is 3.84. The monoisotopic (exact) mass is 420 g/mol. The first kappa shape index (κ1) is 22.8. The molecule has 0 aliphatic rings. The molecule has 0 saturated carbocycles. The van der Waals surface area contributed by atoms with Crippen molar-refractivity contribution in [2.45, 2.75) is 19.8 Å². The molecule has 0 radical (unpaired) electrons. The second-order valence-electron chi connectivity index (χ2n) is 6.12. The van der Waals surface area contributed by atoms with E-state index in [-0.39, 0.29) is 24.9 Å². The third-order valence-corrected chi connectivity index (χ3v) is 3.84. The normalized spacial score (nSPS) is 10.2. The number of benzene rings is 2. The molecule has 0 unspecified atom stereocenters. The highest BCUT2D eigenvalue weighted by Crippen LogP contribution is 2.23. The summed E-state index contributed by atoms with van der Waals surface area (Å²) in [5, 5.41) is 5.03. The van der Waals surface area contributed by atoms with Crippen molar-refractivity contribution in [2.24, 2.45) is 0 Å². The van der Waals surface area contributed by atoms with Gasteiger partial charge in [-0.05, 0) is 37.6 Å². The molecule has 0 aliphatic heterocycles. The highest BCUT2D eigenvalue weighted by atomic mass is 19.1. The number of ether oxygens (including phenoxy) is 2. The van der Waals surface area contributed by atoms with Crippen LogP contribution in [0.1, 0.15) is 30.1 Å². The number of carbonyl (C=O) groups is 3. The summed E-state index contributed by atoms with van der Waals surface area (Å²) in [6.07, 6.45) is 0.178. The van der Waals surface area contributed by atoms with Gasteiger partial charge in [0, 0.05) is 19.0 Å². The molecule has 9 heteroatoms. The zero-order chi connectivity index (χ0) is 21.9. The largest absolute Gasteiger partial charge is 0.492 e. The molecule has 7 nitrogen and oxygen atoms in total. The molecule has 2 aromatic rings. The molecular formula is C21H22F2N2O5. The minimum Gasteiger partial charge on any atom is -0.492 e. The first-order valence-electron chi connectivity index (χ1n) is 9.31. The van der Waals surface area contributed by atoms with Gasteiger partial charge in [-0.3, -0.25) is 14.4 Å². The molecule has 0 aromatic heterocycles.